The Labute approximate surface area is 118 Å². The number of halogens is 1. The van der Waals surface area contributed by atoms with E-state index in [4.69, 9.17) is 4.74 Å². The summed E-state index contributed by atoms with van der Waals surface area (Å²) in [6, 6.07) is 5.79. The van der Waals surface area contributed by atoms with Crippen LogP contribution in [0.2, 0.25) is 0 Å². The summed E-state index contributed by atoms with van der Waals surface area (Å²) in [5.41, 5.74) is 0.888. The van der Waals surface area contributed by atoms with Crippen molar-refractivity contribution in [1.82, 2.24) is 0 Å². The highest BCUT2D eigenvalue weighted by molar-refractivity contribution is 9.10. The SMILES string of the molecule is CCCC(CCC)C(O)c1cc(Br)ccc1OC. The van der Waals surface area contributed by atoms with Crippen molar-refractivity contribution in [2.75, 3.05) is 7.11 Å². The molecule has 1 atom stereocenters. The lowest BCUT2D eigenvalue weighted by molar-refractivity contribution is 0.0937. The molecule has 0 radical (unpaired) electrons. The number of hydrogen-bond donors (Lipinski definition) is 1. The van der Waals surface area contributed by atoms with E-state index in [1.54, 1.807) is 7.11 Å². The zero-order valence-corrected chi connectivity index (χ0v) is 13.0. The average molecular weight is 315 g/mol. The Bertz CT molecular complexity index is 360. The molecule has 0 heterocycles. The van der Waals surface area contributed by atoms with Gasteiger partial charge in [-0.25, -0.2) is 0 Å². The van der Waals surface area contributed by atoms with Gasteiger partial charge in [0.25, 0.3) is 0 Å². The predicted molar refractivity (Wildman–Crippen MR) is 79.0 cm³/mol. The number of aliphatic hydroxyl groups excluding tert-OH is 1. The average Bonchev–Trinajstić information content (AvgIpc) is 2.37. The largest absolute Gasteiger partial charge is 0.496 e. The van der Waals surface area contributed by atoms with Crippen molar-refractivity contribution in [2.45, 2.75) is 45.6 Å². The van der Waals surface area contributed by atoms with Crippen molar-refractivity contribution >= 4 is 15.9 Å². The van der Waals surface area contributed by atoms with Gasteiger partial charge in [-0.15, -0.1) is 0 Å². The third-order valence-electron chi connectivity index (χ3n) is 3.28. The minimum Gasteiger partial charge on any atom is -0.496 e. The summed E-state index contributed by atoms with van der Waals surface area (Å²) >= 11 is 3.45. The molecular weight excluding hydrogens is 292 g/mol. The summed E-state index contributed by atoms with van der Waals surface area (Å²) in [6.07, 6.45) is 3.84. The van der Waals surface area contributed by atoms with Crippen LogP contribution < -0.4 is 4.74 Å². The molecule has 1 rings (SSSR count). The van der Waals surface area contributed by atoms with Crippen LogP contribution in [0.3, 0.4) is 0 Å². The molecule has 1 unspecified atom stereocenters. The first kappa shape index (κ1) is 15.5. The van der Waals surface area contributed by atoms with Gasteiger partial charge in [0.15, 0.2) is 0 Å². The summed E-state index contributed by atoms with van der Waals surface area (Å²) < 4.78 is 6.32. The van der Waals surface area contributed by atoms with E-state index < -0.39 is 6.10 Å². The highest BCUT2D eigenvalue weighted by Gasteiger charge is 2.22. The highest BCUT2D eigenvalue weighted by atomic mass is 79.9. The maximum atomic E-state index is 10.6. The molecule has 0 saturated heterocycles. The summed E-state index contributed by atoms with van der Waals surface area (Å²) in [5, 5.41) is 10.6. The normalized spacial score (nSPS) is 12.8. The van der Waals surface area contributed by atoms with E-state index >= 15 is 0 Å². The maximum Gasteiger partial charge on any atom is 0.124 e. The van der Waals surface area contributed by atoms with E-state index in [0.717, 1.165) is 41.5 Å². The van der Waals surface area contributed by atoms with E-state index in [1.165, 1.54) is 0 Å². The maximum absolute atomic E-state index is 10.6. The molecule has 0 aliphatic rings. The molecule has 0 aliphatic carbocycles. The van der Waals surface area contributed by atoms with Gasteiger partial charge in [0.05, 0.1) is 13.2 Å². The van der Waals surface area contributed by atoms with Gasteiger partial charge in [-0.3, -0.25) is 0 Å². The predicted octanol–water partition coefficient (Wildman–Crippen LogP) is 4.71. The van der Waals surface area contributed by atoms with Crippen LogP contribution in [0.15, 0.2) is 22.7 Å². The van der Waals surface area contributed by atoms with Crippen molar-refractivity contribution in [3.05, 3.63) is 28.2 Å². The second-order valence-electron chi connectivity index (χ2n) is 4.67. The summed E-state index contributed by atoms with van der Waals surface area (Å²) in [5.74, 6) is 1.08. The summed E-state index contributed by atoms with van der Waals surface area (Å²) in [7, 11) is 1.65. The Morgan fingerprint density at radius 1 is 1.22 bits per heavy atom. The molecule has 0 saturated carbocycles. The van der Waals surface area contributed by atoms with Crippen LogP contribution in [0.4, 0.5) is 0 Å². The van der Waals surface area contributed by atoms with Crippen LogP contribution in [0.5, 0.6) is 5.75 Å². The summed E-state index contributed by atoms with van der Waals surface area (Å²) in [4.78, 5) is 0. The van der Waals surface area contributed by atoms with Crippen LogP contribution in [0.25, 0.3) is 0 Å². The molecule has 102 valence electrons. The lowest BCUT2D eigenvalue weighted by Gasteiger charge is -2.24. The van der Waals surface area contributed by atoms with Crippen molar-refractivity contribution in [1.29, 1.82) is 0 Å². The van der Waals surface area contributed by atoms with Crippen molar-refractivity contribution in [3.63, 3.8) is 0 Å². The number of aliphatic hydroxyl groups is 1. The van der Waals surface area contributed by atoms with E-state index in [9.17, 15) is 5.11 Å². The zero-order chi connectivity index (χ0) is 13.5. The van der Waals surface area contributed by atoms with Gasteiger partial charge < -0.3 is 9.84 Å². The molecule has 0 aromatic heterocycles. The quantitative estimate of drug-likeness (QED) is 0.790. The molecule has 0 fully saturated rings. The standard InChI is InChI=1S/C15H23BrO2/c1-4-6-11(7-5-2)15(17)13-10-12(16)8-9-14(13)18-3/h8-11,15,17H,4-7H2,1-3H3. The van der Waals surface area contributed by atoms with E-state index in [-0.39, 0.29) is 0 Å². The topological polar surface area (TPSA) is 29.5 Å². The van der Waals surface area contributed by atoms with Crippen molar-refractivity contribution < 1.29 is 9.84 Å². The van der Waals surface area contributed by atoms with Crippen LogP contribution in [0.1, 0.15) is 51.2 Å². The van der Waals surface area contributed by atoms with Crippen LogP contribution in [0, 0.1) is 5.92 Å². The van der Waals surface area contributed by atoms with Crippen LogP contribution in [-0.4, -0.2) is 12.2 Å². The molecular formula is C15H23BrO2. The first-order valence-electron chi connectivity index (χ1n) is 6.65. The lowest BCUT2D eigenvalue weighted by atomic mass is 9.88. The van der Waals surface area contributed by atoms with E-state index in [0.29, 0.717) is 5.92 Å². The number of rotatable bonds is 7. The van der Waals surface area contributed by atoms with Gasteiger partial charge >= 0.3 is 0 Å². The molecule has 18 heavy (non-hydrogen) atoms. The Balaban J connectivity index is 2.98. The molecule has 1 aromatic rings. The Hall–Kier alpha value is -0.540. The second-order valence-corrected chi connectivity index (χ2v) is 5.58. The minimum atomic E-state index is -0.447. The molecule has 0 bridgehead atoms. The van der Waals surface area contributed by atoms with Gasteiger partial charge in [0, 0.05) is 10.0 Å². The number of methoxy groups -OCH3 is 1. The van der Waals surface area contributed by atoms with Crippen molar-refractivity contribution in [3.8, 4) is 5.75 Å². The molecule has 2 nitrogen and oxygen atoms in total. The van der Waals surface area contributed by atoms with E-state index in [1.807, 2.05) is 18.2 Å². The van der Waals surface area contributed by atoms with E-state index in [2.05, 4.69) is 29.8 Å². The Kier molecular flexibility index (Phi) is 6.72. The first-order chi connectivity index (χ1) is 8.63. The first-order valence-corrected chi connectivity index (χ1v) is 7.44. The van der Waals surface area contributed by atoms with Crippen molar-refractivity contribution in [2.24, 2.45) is 5.92 Å². The Morgan fingerprint density at radius 2 is 1.83 bits per heavy atom. The monoisotopic (exact) mass is 314 g/mol. The third-order valence-corrected chi connectivity index (χ3v) is 3.77. The van der Waals surface area contributed by atoms with Crippen LogP contribution >= 0.6 is 15.9 Å². The number of ether oxygens (including phenoxy) is 1. The fraction of sp³-hybridized carbons (Fsp3) is 0.600. The zero-order valence-electron chi connectivity index (χ0n) is 11.4. The third kappa shape index (κ3) is 3.99. The fourth-order valence-corrected chi connectivity index (χ4v) is 2.77. The van der Waals surface area contributed by atoms with Gasteiger partial charge in [-0.2, -0.15) is 0 Å². The smallest absolute Gasteiger partial charge is 0.124 e. The number of hydrogen-bond acceptors (Lipinski definition) is 2. The molecule has 1 N–H and O–H groups in total. The van der Waals surface area contributed by atoms with Gasteiger partial charge in [0.1, 0.15) is 5.75 Å². The molecule has 1 aromatic carbocycles. The molecule has 0 amide bonds. The Morgan fingerprint density at radius 3 is 2.33 bits per heavy atom. The minimum absolute atomic E-state index is 0.309. The molecule has 0 spiro atoms. The molecule has 0 aliphatic heterocycles. The molecule has 3 heteroatoms. The highest BCUT2D eigenvalue weighted by Crippen LogP contribution is 2.36. The fourth-order valence-electron chi connectivity index (χ4n) is 2.39. The van der Waals surface area contributed by atoms with Crippen LogP contribution in [-0.2, 0) is 0 Å². The summed E-state index contributed by atoms with van der Waals surface area (Å²) in [6.45, 7) is 4.32. The van der Waals surface area contributed by atoms with Gasteiger partial charge in [-0.05, 0) is 37.0 Å². The van der Waals surface area contributed by atoms with Gasteiger partial charge in [0.2, 0.25) is 0 Å². The number of benzene rings is 1. The van der Waals surface area contributed by atoms with Gasteiger partial charge in [-0.1, -0.05) is 42.6 Å². The lowest BCUT2D eigenvalue weighted by Crippen LogP contribution is -2.13. The second kappa shape index (κ2) is 7.80.